The van der Waals surface area contributed by atoms with Gasteiger partial charge in [-0.05, 0) is 18.8 Å². The molecule has 0 aromatic heterocycles. The first-order chi connectivity index (χ1) is 4.63. The third-order valence-electron chi connectivity index (χ3n) is 2.19. The molecular formula is C7H11IO2. The van der Waals surface area contributed by atoms with Gasteiger partial charge in [-0.1, -0.05) is 29.5 Å². The topological polar surface area (TPSA) is 37.3 Å². The van der Waals surface area contributed by atoms with Crippen LogP contribution in [0.2, 0.25) is 0 Å². The molecule has 10 heavy (non-hydrogen) atoms. The first-order valence-corrected chi connectivity index (χ1v) is 4.74. The molecule has 3 atom stereocenters. The number of carboxylic acids is 1. The maximum Gasteiger partial charge on any atom is 0.307 e. The van der Waals surface area contributed by atoms with Crippen LogP contribution >= 0.6 is 22.6 Å². The molecule has 2 nitrogen and oxygen atoms in total. The third-order valence-corrected chi connectivity index (χ3v) is 3.58. The molecule has 1 N–H and O–H groups in total. The first-order valence-electron chi connectivity index (χ1n) is 3.50. The van der Waals surface area contributed by atoms with Crippen molar-refractivity contribution in [3.05, 3.63) is 0 Å². The zero-order valence-electron chi connectivity index (χ0n) is 5.88. The highest BCUT2D eigenvalue weighted by atomic mass is 127. The second kappa shape index (κ2) is 3.07. The van der Waals surface area contributed by atoms with Gasteiger partial charge in [-0.15, -0.1) is 0 Å². The Balaban J connectivity index is 2.63. The van der Waals surface area contributed by atoms with Gasteiger partial charge in [0.15, 0.2) is 0 Å². The summed E-state index contributed by atoms with van der Waals surface area (Å²) in [5.74, 6) is -0.343. The Labute approximate surface area is 74.1 Å². The fourth-order valence-corrected chi connectivity index (χ4v) is 2.91. The predicted octanol–water partition coefficient (Wildman–Crippen LogP) is 1.92. The van der Waals surface area contributed by atoms with Crippen LogP contribution in [0.25, 0.3) is 0 Å². The summed E-state index contributed by atoms with van der Waals surface area (Å²) in [6, 6.07) is 0. The third kappa shape index (κ3) is 1.44. The molecule has 1 aliphatic rings. The molecule has 3 heteroatoms. The van der Waals surface area contributed by atoms with Crippen molar-refractivity contribution in [2.75, 3.05) is 0 Å². The van der Waals surface area contributed by atoms with Gasteiger partial charge in [0.05, 0.1) is 5.92 Å². The highest BCUT2D eigenvalue weighted by Gasteiger charge is 2.36. The molecule has 1 saturated carbocycles. The average Bonchev–Trinajstić information content (AvgIpc) is 2.11. The van der Waals surface area contributed by atoms with E-state index in [4.69, 9.17) is 5.11 Å². The lowest BCUT2D eigenvalue weighted by Crippen LogP contribution is -2.22. The van der Waals surface area contributed by atoms with E-state index in [9.17, 15) is 4.79 Å². The van der Waals surface area contributed by atoms with Crippen molar-refractivity contribution < 1.29 is 9.90 Å². The van der Waals surface area contributed by atoms with Gasteiger partial charge in [0, 0.05) is 3.92 Å². The van der Waals surface area contributed by atoms with E-state index in [0.717, 1.165) is 12.8 Å². The van der Waals surface area contributed by atoms with Gasteiger partial charge in [-0.3, -0.25) is 4.79 Å². The summed E-state index contributed by atoms with van der Waals surface area (Å²) < 4.78 is 0.352. The number of alkyl halides is 1. The van der Waals surface area contributed by atoms with Gasteiger partial charge >= 0.3 is 5.97 Å². The number of rotatable bonds is 1. The number of carbonyl (C=O) groups is 1. The van der Waals surface area contributed by atoms with Gasteiger partial charge in [0.1, 0.15) is 0 Å². The van der Waals surface area contributed by atoms with Crippen LogP contribution in [-0.2, 0) is 4.79 Å². The van der Waals surface area contributed by atoms with E-state index < -0.39 is 5.97 Å². The van der Waals surface area contributed by atoms with Crippen LogP contribution < -0.4 is 0 Å². The van der Waals surface area contributed by atoms with Crippen molar-refractivity contribution in [1.82, 2.24) is 0 Å². The SMILES string of the molecule is CC1CCC(I)C1C(=O)O. The molecule has 0 saturated heterocycles. The molecule has 0 bridgehead atoms. The monoisotopic (exact) mass is 254 g/mol. The summed E-state index contributed by atoms with van der Waals surface area (Å²) in [6.07, 6.45) is 2.14. The maximum absolute atomic E-state index is 10.6. The summed E-state index contributed by atoms with van der Waals surface area (Å²) in [7, 11) is 0. The van der Waals surface area contributed by atoms with Crippen LogP contribution in [-0.4, -0.2) is 15.0 Å². The van der Waals surface area contributed by atoms with Gasteiger partial charge in [-0.25, -0.2) is 0 Å². The number of aliphatic carboxylic acids is 1. The Morgan fingerprint density at radius 1 is 1.60 bits per heavy atom. The van der Waals surface area contributed by atoms with Crippen molar-refractivity contribution in [2.45, 2.75) is 23.7 Å². The normalized spacial score (nSPS) is 40.0. The van der Waals surface area contributed by atoms with E-state index in [-0.39, 0.29) is 5.92 Å². The summed E-state index contributed by atoms with van der Waals surface area (Å²) in [5, 5.41) is 8.75. The lowest BCUT2D eigenvalue weighted by molar-refractivity contribution is -0.142. The highest BCUT2D eigenvalue weighted by Crippen LogP contribution is 2.36. The van der Waals surface area contributed by atoms with Crippen LogP contribution in [0.5, 0.6) is 0 Å². The van der Waals surface area contributed by atoms with Crippen LogP contribution in [0.15, 0.2) is 0 Å². The van der Waals surface area contributed by atoms with Crippen LogP contribution in [0.3, 0.4) is 0 Å². The maximum atomic E-state index is 10.6. The molecule has 1 rings (SSSR count). The largest absolute Gasteiger partial charge is 0.481 e. The first kappa shape index (κ1) is 8.30. The van der Waals surface area contributed by atoms with E-state index in [0.29, 0.717) is 9.84 Å². The molecule has 1 aliphatic carbocycles. The Hall–Kier alpha value is 0.200. The van der Waals surface area contributed by atoms with Crippen molar-refractivity contribution in [3.8, 4) is 0 Å². The minimum Gasteiger partial charge on any atom is -0.481 e. The standard InChI is InChI=1S/C7H11IO2/c1-4-2-3-5(8)6(4)7(9)10/h4-6H,2-3H2,1H3,(H,9,10). The lowest BCUT2D eigenvalue weighted by Gasteiger charge is -2.12. The van der Waals surface area contributed by atoms with Gasteiger partial charge in [0.25, 0.3) is 0 Å². The van der Waals surface area contributed by atoms with Crippen molar-refractivity contribution >= 4 is 28.6 Å². The van der Waals surface area contributed by atoms with E-state index in [1.165, 1.54) is 0 Å². The Bertz CT molecular complexity index is 137. The molecule has 0 amide bonds. The van der Waals surface area contributed by atoms with Crippen LogP contribution in [0, 0.1) is 11.8 Å². The Kier molecular flexibility index (Phi) is 2.55. The Morgan fingerprint density at radius 3 is 2.40 bits per heavy atom. The zero-order valence-corrected chi connectivity index (χ0v) is 8.04. The molecule has 0 radical (unpaired) electrons. The molecule has 0 aromatic carbocycles. The van der Waals surface area contributed by atoms with E-state index in [1.807, 2.05) is 6.92 Å². The summed E-state index contributed by atoms with van der Waals surface area (Å²) >= 11 is 2.24. The number of halogens is 1. The summed E-state index contributed by atoms with van der Waals surface area (Å²) in [4.78, 5) is 10.6. The molecule has 1 fully saturated rings. The minimum absolute atomic E-state index is 0.0967. The predicted molar refractivity (Wildman–Crippen MR) is 47.3 cm³/mol. The molecule has 3 unspecified atom stereocenters. The highest BCUT2D eigenvalue weighted by molar-refractivity contribution is 14.1. The van der Waals surface area contributed by atoms with Gasteiger partial charge in [-0.2, -0.15) is 0 Å². The smallest absolute Gasteiger partial charge is 0.307 e. The number of hydrogen-bond acceptors (Lipinski definition) is 1. The van der Waals surface area contributed by atoms with Crippen molar-refractivity contribution in [3.63, 3.8) is 0 Å². The fraction of sp³-hybridized carbons (Fsp3) is 0.857. The number of carboxylic acid groups (broad SMARTS) is 1. The van der Waals surface area contributed by atoms with Gasteiger partial charge in [0.2, 0.25) is 0 Å². The molecule has 0 spiro atoms. The second-order valence-corrected chi connectivity index (χ2v) is 4.53. The molecule has 0 aromatic rings. The van der Waals surface area contributed by atoms with E-state index in [2.05, 4.69) is 22.6 Å². The lowest BCUT2D eigenvalue weighted by atomic mass is 9.99. The zero-order chi connectivity index (χ0) is 7.72. The van der Waals surface area contributed by atoms with Crippen molar-refractivity contribution in [1.29, 1.82) is 0 Å². The van der Waals surface area contributed by atoms with E-state index >= 15 is 0 Å². The average molecular weight is 254 g/mol. The molecule has 58 valence electrons. The van der Waals surface area contributed by atoms with Crippen LogP contribution in [0.1, 0.15) is 19.8 Å². The van der Waals surface area contributed by atoms with Gasteiger partial charge < -0.3 is 5.11 Å². The van der Waals surface area contributed by atoms with Crippen molar-refractivity contribution in [2.24, 2.45) is 11.8 Å². The fourth-order valence-electron chi connectivity index (χ4n) is 1.54. The Morgan fingerprint density at radius 2 is 2.20 bits per heavy atom. The van der Waals surface area contributed by atoms with E-state index in [1.54, 1.807) is 0 Å². The summed E-state index contributed by atoms with van der Waals surface area (Å²) in [5.41, 5.74) is 0. The number of hydrogen-bond donors (Lipinski definition) is 1. The molecule has 0 heterocycles. The minimum atomic E-state index is -0.621. The second-order valence-electron chi connectivity index (χ2n) is 2.93. The quantitative estimate of drug-likeness (QED) is 0.573. The van der Waals surface area contributed by atoms with Crippen LogP contribution in [0.4, 0.5) is 0 Å². The summed E-state index contributed by atoms with van der Waals surface area (Å²) in [6.45, 7) is 2.03. The molecule has 0 aliphatic heterocycles. The molecular weight excluding hydrogens is 243 g/mol.